The molecule has 0 radical (unpaired) electrons. The second-order valence-electron chi connectivity index (χ2n) is 5.33. The van der Waals surface area contributed by atoms with Crippen molar-refractivity contribution < 1.29 is 4.42 Å². The van der Waals surface area contributed by atoms with Crippen LogP contribution in [0, 0.1) is 0 Å². The smallest absolute Gasteiger partial charge is 0.134 e. The van der Waals surface area contributed by atoms with Crippen LogP contribution in [0.3, 0.4) is 0 Å². The molecule has 0 aliphatic heterocycles. The Hall–Kier alpha value is -1.77. The van der Waals surface area contributed by atoms with E-state index in [2.05, 4.69) is 24.4 Å². The van der Waals surface area contributed by atoms with E-state index in [0.717, 1.165) is 23.6 Å². The van der Waals surface area contributed by atoms with Crippen LogP contribution in [-0.2, 0) is 13.0 Å². The summed E-state index contributed by atoms with van der Waals surface area (Å²) in [6, 6.07) is 16.5. The number of benzene rings is 2. The monoisotopic (exact) mass is 299 g/mol. The molecule has 1 heterocycles. The maximum absolute atomic E-state index is 6.20. The first-order valence-corrected chi connectivity index (χ1v) is 7.54. The van der Waals surface area contributed by atoms with Gasteiger partial charge in [-0.25, -0.2) is 0 Å². The summed E-state index contributed by atoms with van der Waals surface area (Å²) in [4.78, 5) is 0. The van der Waals surface area contributed by atoms with E-state index in [9.17, 15) is 0 Å². The molecule has 0 spiro atoms. The predicted octanol–water partition coefficient (Wildman–Crippen LogP) is 4.81. The van der Waals surface area contributed by atoms with Gasteiger partial charge < -0.3 is 9.73 Å². The highest BCUT2D eigenvalue weighted by Gasteiger charge is 2.09. The number of furan rings is 1. The zero-order valence-electron chi connectivity index (χ0n) is 12.0. The largest absolute Gasteiger partial charge is 0.464 e. The molecule has 3 heteroatoms. The van der Waals surface area contributed by atoms with E-state index < -0.39 is 0 Å². The molecular formula is C18H18ClNO. The summed E-state index contributed by atoms with van der Waals surface area (Å²) in [5.74, 6) is 0. The highest BCUT2D eigenvalue weighted by Crippen LogP contribution is 2.21. The molecule has 3 aromatic rings. The predicted molar refractivity (Wildman–Crippen MR) is 87.7 cm³/mol. The Balaban J connectivity index is 1.63. The highest BCUT2D eigenvalue weighted by molar-refractivity contribution is 6.31. The second-order valence-corrected chi connectivity index (χ2v) is 5.74. The lowest BCUT2D eigenvalue weighted by Crippen LogP contribution is -2.27. The lowest BCUT2D eigenvalue weighted by Gasteiger charge is -2.14. The molecule has 0 aliphatic carbocycles. The fourth-order valence-corrected chi connectivity index (χ4v) is 2.73. The molecule has 0 amide bonds. The molecule has 0 fully saturated rings. The number of para-hydroxylation sites is 1. The molecule has 1 N–H and O–H groups in total. The molecule has 0 bridgehead atoms. The van der Waals surface area contributed by atoms with E-state index in [1.807, 2.05) is 42.7 Å². The van der Waals surface area contributed by atoms with Gasteiger partial charge in [0.05, 0.1) is 6.26 Å². The maximum atomic E-state index is 6.20. The van der Waals surface area contributed by atoms with Gasteiger partial charge in [0.15, 0.2) is 0 Å². The third kappa shape index (κ3) is 3.29. The number of rotatable bonds is 5. The van der Waals surface area contributed by atoms with Crippen molar-refractivity contribution >= 4 is 22.6 Å². The topological polar surface area (TPSA) is 25.2 Å². The molecular weight excluding hydrogens is 282 g/mol. The average Bonchev–Trinajstić information content (AvgIpc) is 2.91. The average molecular weight is 300 g/mol. The molecule has 108 valence electrons. The normalized spacial score (nSPS) is 12.7. The summed E-state index contributed by atoms with van der Waals surface area (Å²) in [6.45, 7) is 2.97. The quantitative estimate of drug-likeness (QED) is 0.731. The van der Waals surface area contributed by atoms with Crippen molar-refractivity contribution in [1.29, 1.82) is 0 Å². The van der Waals surface area contributed by atoms with Crippen LogP contribution >= 0.6 is 11.6 Å². The van der Waals surface area contributed by atoms with E-state index in [0.29, 0.717) is 6.04 Å². The Bertz CT molecular complexity index is 735. The van der Waals surface area contributed by atoms with Crippen molar-refractivity contribution in [2.24, 2.45) is 0 Å². The Morgan fingerprint density at radius 1 is 1.05 bits per heavy atom. The van der Waals surface area contributed by atoms with Crippen LogP contribution in [0.15, 0.2) is 59.2 Å². The van der Waals surface area contributed by atoms with Crippen LogP contribution in [0.5, 0.6) is 0 Å². The summed E-state index contributed by atoms with van der Waals surface area (Å²) < 4.78 is 5.56. The first-order chi connectivity index (χ1) is 10.2. The van der Waals surface area contributed by atoms with Crippen molar-refractivity contribution in [2.45, 2.75) is 25.9 Å². The van der Waals surface area contributed by atoms with Gasteiger partial charge in [-0.05, 0) is 31.0 Å². The molecule has 0 saturated carbocycles. The van der Waals surface area contributed by atoms with Gasteiger partial charge in [0, 0.05) is 28.6 Å². The van der Waals surface area contributed by atoms with Gasteiger partial charge in [-0.2, -0.15) is 0 Å². The van der Waals surface area contributed by atoms with Crippen LogP contribution in [0.1, 0.15) is 18.1 Å². The summed E-state index contributed by atoms with van der Waals surface area (Å²) in [5.41, 5.74) is 3.31. The Labute approximate surface area is 129 Å². The number of fused-ring (bicyclic) bond motifs is 1. The van der Waals surface area contributed by atoms with Crippen LogP contribution < -0.4 is 5.32 Å². The van der Waals surface area contributed by atoms with Crippen LogP contribution in [0.25, 0.3) is 11.0 Å². The number of hydrogen-bond donors (Lipinski definition) is 1. The Morgan fingerprint density at radius 2 is 1.81 bits per heavy atom. The molecule has 21 heavy (non-hydrogen) atoms. The fraction of sp³-hybridized carbons (Fsp3) is 0.222. The Morgan fingerprint density at radius 3 is 2.67 bits per heavy atom. The maximum Gasteiger partial charge on any atom is 0.134 e. The lowest BCUT2D eigenvalue weighted by atomic mass is 10.1. The summed E-state index contributed by atoms with van der Waals surface area (Å²) >= 11 is 6.20. The van der Waals surface area contributed by atoms with E-state index in [-0.39, 0.29) is 0 Å². The molecule has 0 aliphatic rings. The van der Waals surface area contributed by atoms with Crippen molar-refractivity contribution in [3.63, 3.8) is 0 Å². The van der Waals surface area contributed by atoms with Crippen molar-refractivity contribution in [3.8, 4) is 0 Å². The van der Waals surface area contributed by atoms with Crippen LogP contribution in [0.4, 0.5) is 0 Å². The molecule has 2 aromatic carbocycles. The van der Waals surface area contributed by atoms with Crippen molar-refractivity contribution in [1.82, 2.24) is 5.32 Å². The third-order valence-corrected chi connectivity index (χ3v) is 4.05. The summed E-state index contributed by atoms with van der Waals surface area (Å²) in [5, 5.41) is 5.54. The molecule has 1 atom stereocenters. The van der Waals surface area contributed by atoms with Gasteiger partial charge >= 0.3 is 0 Å². The molecule has 2 nitrogen and oxygen atoms in total. The van der Waals surface area contributed by atoms with Gasteiger partial charge in [0.25, 0.3) is 0 Å². The van der Waals surface area contributed by atoms with E-state index in [1.165, 1.54) is 16.5 Å². The molecule has 1 aromatic heterocycles. The van der Waals surface area contributed by atoms with Gasteiger partial charge in [-0.3, -0.25) is 0 Å². The zero-order chi connectivity index (χ0) is 14.7. The van der Waals surface area contributed by atoms with Crippen LogP contribution in [-0.4, -0.2) is 6.04 Å². The standard InChI is InChI=1S/C18H18ClNO/c1-13(10-14-6-2-4-8-17(14)19)20-11-15-12-21-18-9-5-3-7-16(15)18/h2-9,12-13,20H,10-11H2,1H3. The van der Waals surface area contributed by atoms with Crippen LogP contribution in [0.2, 0.25) is 5.02 Å². The summed E-state index contributed by atoms with van der Waals surface area (Å²) in [7, 11) is 0. The van der Waals surface area contributed by atoms with Crippen molar-refractivity contribution in [3.05, 3.63) is 70.9 Å². The molecule has 3 rings (SSSR count). The number of nitrogens with one attached hydrogen (secondary N) is 1. The number of halogens is 1. The van der Waals surface area contributed by atoms with Gasteiger partial charge in [0.1, 0.15) is 5.58 Å². The SMILES string of the molecule is CC(Cc1ccccc1Cl)NCc1coc2ccccc12. The van der Waals surface area contributed by atoms with E-state index in [1.54, 1.807) is 0 Å². The van der Waals surface area contributed by atoms with Crippen molar-refractivity contribution in [2.75, 3.05) is 0 Å². The minimum absolute atomic E-state index is 0.346. The fourth-order valence-electron chi connectivity index (χ4n) is 2.52. The van der Waals surface area contributed by atoms with Gasteiger partial charge in [-0.15, -0.1) is 0 Å². The summed E-state index contributed by atoms with van der Waals surface area (Å²) in [6.07, 6.45) is 2.75. The first-order valence-electron chi connectivity index (χ1n) is 7.16. The lowest BCUT2D eigenvalue weighted by molar-refractivity contribution is 0.539. The zero-order valence-corrected chi connectivity index (χ0v) is 12.7. The number of hydrogen-bond acceptors (Lipinski definition) is 2. The third-order valence-electron chi connectivity index (χ3n) is 3.69. The van der Waals surface area contributed by atoms with Gasteiger partial charge in [0.2, 0.25) is 0 Å². The minimum Gasteiger partial charge on any atom is -0.464 e. The highest BCUT2D eigenvalue weighted by atomic mass is 35.5. The molecule has 0 saturated heterocycles. The van der Waals surface area contributed by atoms with E-state index in [4.69, 9.17) is 16.0 Å². The minimum atomic E-state index is 0.346. The van der Waals surface area contributed by atoms with E-state index >= 15 is 0 Å². The molecule has 1 unspecified atom stereocenters. The van der Waals surface area contributed by atoms with Gasteiger partial charge in [-0.1, -0.05) is 48.0 Å². The second kappa shape index (κ2) is 6.33. The first kappa shape index (κ1) is 14.2. The Kier molecular flexibility index (Phi) is 4.28.